The van der Waals surface area contributed by atoms with Crippen molar-refractivity contribution in [3.63, 3.8) is 0 Å². The van der Waals surface area contributed by atoms with Crippen LogP contribution in [0.5, 0.6) is 11.5 Å². The van der Waals surface area contributed by atoms with E-state index in [-0.39, 0.29) is 12.4 Å². The zero-order valence-electron chi connectivity index (χ0n) is 14.6. The van der Waals surface area contributed by atoms with E-state index in [4.69, 9.17) is 14.2 Å². The van der Waals surface area contributed by atoms with Crippen LogP contribution in [-0.2, 0) is 23.6 Å². The van der Waals surface area contributed by atoms with Gasteiger partial charge in [0.15, 0.2) is 23.9 Å². The van der Waals surface area contributed by atoms with E-state index in [1.165, 1.54) is 37.0 Å². The van der Waals surface area contributed by atoms with Gasteiger partial charge >= 0.3 is 11.7 Å². The summed E-state index contributed by atoms with van der Waals surface area (Å²) in [5, 5.41) is 0. The molecule has 9 heteroatoms. The Morgan fingerprint density at radius 1 is 1.19 bits per heavy atom. The molecule has 0 bridgehead atoms. The van der Waals surface area contributed by atoms with Crippen molar-refractivity contribution in [1.29, 1.82) is 0 Å². The Labute approximate surface area is 153 Å². The van der Waals surface area contributed by atoms with Crippen molar-refractivity contribution in [1.82, 2.24) is 9.13 Å². The number of esters is 1. The van der Waals surface area contributed by atoms with E-state index in [9.17, 15) is 19.2 Å². The Bertz CT molecular complexity index is 1060. The maximum absolute atomic E-state index is 12.1. The number of aryl methyl sites for hydroxylation is 1. The summed E-state index contributed by atoms with van der Waals surface area (Å²) >= 11 is 0. The van der Waals surface area contributed by atoms with E-state index in [1.54, 1.807) is 12.1 Å². The van der Waals surface area contributed by atoms with E-state index >= 15 is 0 Å². The SMILES string of the molecule is Cn1cc(/C=C/C(=O)OCC(=O)c2ccc3c(c2)OCO3)c(=O)n(C)c1=O. The van der Waals surface area contributed by atoms with Crippen LogP contribution in [-0.4, -0.2) is 34.3 Å². The zero-order chi connectivity index (χ0) is 19.6. The average molecular weight is 372 g/mol. The molecule has 1 aromatic heterocycles. The second-order valence-electron chi connectivity index (χ2n) is 5.77. The van der Waals surface area contributed by atoms with E-state index in [0.717, 1.165) is 10.6 Å². The Kier molecular flexibility index (Phi) is 4.93. The molecule has 1 aliphatic heterocycles. The predicted molar refractivity (Wildman–Crippen MR) is 93.8 cm³/mol. The van der Waals surface area contributed by atoms with Crippen LogP contribution in [0.2, 0.25) is 0 Å². The summed E-state index contributed by atoms with van der Waals surface area (Å²) in [4.78, 5) is 47.5. The highest BCUT2D eigenvalue weighted by Crippen LogP contribution is 2.32. The molecule has 9 nitrogen and oxygen atoms in total. The summed E-state index contributed by atoms with van der Waals surface area (Å²) in [5.41, 5.74) is -0.561. The molecule has 2 aromatic rings. The second kappa shape index (κ2) is 7.32. The first kappa shape index (κ1) is 18.2. The molecule has 1 aromatic carbocycles. The van der Waals surface area contributed by atoms with Gasteiger partial charge in [-0.2, -0.15) is 0 Å². The third-order valence-corrected chi connectivity index (χ3v) is 3.91. The molecule has 0 spiro atoms. The minimum atomic E-state index is -0.792. The van der Waals surface area contributed by atoms with E-state index in [1.807, 2.05) is 0 Å². The third kappa shape index (κ3) is 3.81. The first-order valence-corrected chi connectivity index (χ1v) is 7.91. The molecule has 1 aliphatic rings. The molecule has 0 amide bonds. The number of carbonyl (C=O) groups is 2. The van der Waals surface area contributed by atoms with Gasteiger partial charge in [-0.25, -0.2) is 9.59 Å². The van der Waals surface area contributed by atoms with Gasteiger partial charge < -0.3 is 18.8 Å². The Morgan fingerprint density at radius 3 is 2.70 bits per heavy atom. The number of hydrogen-bond donors (Lipinski definition) is 0. The van der Waals surface area contributed by atoms with Crippen LogP contribution in [0.4, 0.5) is 0 Å². The van der Waals surface area contributed by atoms with Crippen LogP contribution in [0.3, 0.4) is 0 Å². The van der Waals surface area contributed by atoms with E-state index < -0.39 is 29.6 Å². The van der Waals surface area contributed by atoms with E-state index in [2.05, 4.69) is 0 Å². The number of benzene rings is 1. The molecule has 0 unspecified atom stereocenters. The standard InChI is InChI=1S/C18H16N2O7/c1-19-8-12(17(23)20(2)18(19)24)4-6-16(22)25-9-13(21)11-3-5-14-15(7-11)27-10-26-14/h3-8H,9-10H2,1-2H3/b6-4+. The first-order valence-electron chi connectivity index (χ1n) is 7.91. The van der Waals surface area contributed by atoms with Gasteiger partial charge in [0.05, 0.1) is 5.56 Å². The van der Waals surface area contributed by atoms with E-state index in [0.29, 0.717) is 17.1 Å². The molecule has 0 fully saturated rings. The molecule has 0 saturated heterocycles. The summed E-state index contributed by atoms with van der Waals surface area (Å²) in [5.74, 6) is -0.198. The number of aromatic nitrogens is 2. The average Bonchev–Trinajstić information content (AvgIpc) is 3.13. The maximum Gasteiger partial charge on any atom is 0.331 e. The highest BCUT2D eigenvalue weighted by molar-refractivity contribution is 5.99. The minimum Gasteiger partial charge on any atom is -0.454 e. The molecule has 0 aliphatic carbocycles. The smallest absolute Gasteiger partial charge is 0.331 e. The topological polar surface area (TPSA) is 106 Å². The van der Waals surface area contributed by atoms with Crippen molar-refractivity contribution < 1.29 is 23.8 Å². The van der Waals surface area contributed by atoms with Crippen molar-refractivity contribution in [2.75, 3.05) is 13.4 Å². The lowest BCUT2D eigenvalue weighted by atomic mass is 10.1. The van der Waals surface area contributed by atoms with Gasteiger partial charge in [0, 0.05) is 31.9 Å². The van der Waals surface area contributed by atoms with Gasteiger partial charge in [-0.15, -0.1) is 0 Å². The lowest BCUT2D eigenvalue weighted by Crippen LogP contribution is -2.37. The Morgan fingerprint density at radius 2 is 1.93 bits per heavy atom. The highest BCUT2D eigenvalue weighted by Gasteiger charge is 2.17. The van der Waals surface area contributed by atoms with Crippen LogP contribution in [0.15, 0.2) is 40.1 Å². The monoisotopic (exact) mass is 372 g/mol. The molecule has 0 atom stereocenters. The summed E-state index contributed by atoms with van der Waals surface area (Å²) < 4.78 is 17.4. The molecule has 0 saturated carbocycles. The van der Waals surface area contributed by atoms with Crippen molar-refractivity contribution in [3.05, 3.63) is 62.4 Å². The van der Waals surface area contributed by atoms with Gasteiger partial charge in [-0.05, 0) is 24.3 Å². The van der Waals surface area contributed by atoms with Crippen molar-refractivity contribution in [2.24, 2.45) is 14.1 Å². The number of nitrogens with zero attached hydrogens (tertiary/aromatic N) is 2. The molecule has 0 radical (unpaired) electrons. The molecule has 3 rings (SSSR count). The molecular formula is C18H16N2O7. The number of Topliss-reactive ketones (excluding diaryl/α,β-unsaturated/α-hetero) is 1. The normalized spacial score (nSPS) is 12.4. The van der Waals surface area contributed by atoms with Crippen LogP contribution < -0.4 is 20.7 Å². The van der Waals surface area contributed by atoms with Gasteiger partial charge in [0.2, 0.25) is 6.79 Å². The Hall–Kier alpha value is -3.62. The van der Waals surface area contributed by atoms with Gasteiger partial charge in [-0.1, -0.05) is 0 Å². The van der Waals surface area contributed by atoms with Crippen LogP contribution in [0.1, 0.15) is 15.9 Å². The fraction of sp³-hybridized carbons (Fsp3) is 0.222. The van der Waals surface area contributed by atoms with Crippen LogP contribution in [0.25, 0.3) is 6.08 Å². The fourth-order valence-corrected chi connectivity index (χ4v) is 2.45. The molecule has 2 heterocycles. The summed E-state index contributed by atoms with van der Waals surface area (Å²) in [6.07, 6.45) is 3.56. The van der Waals surface area contributed by atoms with Crippen molar-refractivity contribution in [3.8, 4) is 11.5 Å². The Balaban J connectivity index is 1.63. The number of hydrogen-bond acceptors (Lipinski definition) is 7. The number of ether oxygens (including phenoxy) is 3. The van der Waals surface area contributed by atoms with Crippen LogP contribution in [0, 0.1) is 0 Å². The van der Waals surface area contributed by atoms with Crippen molar-refractivity contribution >= 4 is 17.8 Å². The molecule has 27 heavy (non-hydrogen) atoms. The number of rotatable bonds is 5. The quantitative estimate of drug-likeness (QED) is 0.421. The van der Waals surface area contributed by atoms with Gasteiger partial charge in [0.25, 0.3) is 5.56 Å². The summed E-state index contributed by atoms with van der Waals surface area (Å²) in [6.45, 7) is -0.370. The lowest BCUT2D eigenvalue weighted by Gasteiger charge is -2.04. The number of fused-ring (bicyclic) bond motifs is 1. The lowest BCUT2D eigenvalue weighted by molar-refractivity contribution is -0.136. The summed E-state index contributed by atoms with van der Waals surface area (Å²) in [6, 6.07) is 4.67. The highest BCUT2D eigenvalue weighted by atomic mass is 16.7. The minimum absolute atomic E-state index is 0.0945. The molecule has 0 N–H and O–H groups in total. The van der Waals surface area contributed by atoms with Crippen molar-refractivity contribution in [2.45, 2.75) is 0 Å². The van der Waals surface area contributed by atoms with Crippen LogP contribution >= 0.6 is 0 Å². The predicted octanol–water partition coefficient (Wildman–Crippen LogP) is 0.252. The third-order valence-electron chi connectivity index (χ3n) is 3.91. The van der Waals surface area contributed by atoms with Gasteiger partial charge in [0.1, 0.15) is 0 Å². The fourth-order valence-electron chi connectivity index (χ4n) is 2.45. The number of ketones is 1. The summed E-state index contributed by atoms with van der Waals surface area (Å²) in [7, 11) is 2.83. The molecule has 140 valence electrons. The zero-order valence-corrected chi connectivity index (χ0v) is 14.6. The largest absolute Gasteiger partial charge is 0.454 e. The second-order valence-corrected chi connectivity index (χ2v) is 5.77. The van der Waals surface area contributed by atoms with Gasteiger partial charge in [-0.3, -0.25) is 14.2 Å². The number of carbonyl (C=O) groups excluding carboxylic acids is 2. The maximum atomic E-state index is 12.1. The molecular weight excluding hydrogens is 356 g/mol. The first-order chi connectivity index (χ1) is 12.9.